The number of furan rings is 1. The molecule has 2 aromatic rings. The lowest BCUT2D eigenvalue weighted by molar-refractivity contribution is -0.0419. The van der Waals surface area contributed by atoms with Crippen LogP contribution in [0, 0.1) is 0 Å². The van der Waals surface area contributed by atoms with Crippen LogP contribution in [0.4, 0.5) is 0 Å². The highest BCUT2D eigenvalue weighted by Crippen LogP contribution is 2.26. The van der Waals surface area contributed by atoms with Gasteiger partial charge < -0.3 is 14.9 Å². The minimum absolute atomic E-state index is 0.00858. The molecule has 0 saturated carbocycles. The van der Waals surface area contributed by atoms with E-state index >= 15 is 0 Å². The zero-order valence-electron chi connectivity index (χ0n) is 11.2. The molecule has 0 bridgehead atoms. The fourth-order valence-corrected chi connectivity index (χ4v) is 2.59. The number of hydrogen-bond donors (Lipinski definition) is 1. The lowest BCUT2D eigenvalue weighted by atomic mass is 10.1. The quantitative estimate of drug-likeness (QED) is 0.918. The number of benzene rings is 1. The molecule has 2 N–H and O–H groups in total. The van der Waals surface area contributed by atoms with Gasteiger partial charge in [0, 0.05) is 18.5 Å². The number of para-hydroxylation sites is 1. The number of rotatable bonds is 3. The van der Waals surface area contributed by atoms with Gasteiger partial charge in [-0.2, -0.15) is 0 Å². The van der Waals surface area contributed by atoms with Crippen molar-refractivity contribution in [2.75, 3.05) is 26.2 Å². The first-order valence-electron chi connectivity index (χ1n) is 6.86. The number of fused-ring (bicyclic) bond motifs is 1. The van der Waals surface area contributed by atoms with Gasteiger partial charge >= 0.3 is 0 Å². The van der Waals surface area contributed by atoms with Crippen molar-refractivity contribution in [3.63, 3.8) is 0 Å². The molecule has 4 nitrogen and oxygen atoms in total. The van der Waals surface area contributed by atoms with Gasteiger partial charge in [0.1, 0.15) is 11.3 Å². The standard InChI is InChI=1S/C15H20N2O2/c1-2-17-7-8-18-14(10-17)15(16)13-9-11-5-3-4-6-12(11)19-13/h3-6,9,14-15H,2,7-8,10,16H2,1H3. The van der Waals surface area contributed by atoms with E-state index in [9.17, 15) is 0 Å². The van der Waals surface area contributed by atoms with E-state index in [0.717, 1.165) is 43.0 Å². The van der Waals surface area contributed by atoms with Crippen LogP contribution in [0.5, 0.6) is 0 Å². The fourth-order valence-electron chi connectivity index (χ4n) is 2.59. The summed E-state index contributed by atoms with van der Waals surface area (Å²) in [6, 6.07) is 9.79. The van der Waals surface area contributed by atoms with E-state index in [1.165, 1.54) is 0 Å². The molecule has 4 heteroatoms. The van der Waals surface area contributed by atoms with Gasteiger partial charge in [-0.05, 0) is 18.7 Å². The number of ether oxygens (including phenoxy) is 1. The highest BCUT2D eigenvalue weighted by atomic mass is 16.5. The van der Waals surface area contributed by atoms with Crippen LogP contribution in [0.15, 0.2) is 34.7 Å². The van der Waals surface area contributed by atoms with E-state index in [1.807, 2.05) is 30.3 Å². The smallest absolute Gasteiger partial charge is 0.134 e. The molecule has 2 heterocycles. The van der Waals surface area contributed by atoms with Gasteiger partial charge in [-0.25, -0.2) is 0 Å². The number of nitrogens with two attached hydrogens (primary N) is 1. The molecule has 1 aromatic carbocycles. The van der Waals surface area contributed by atoms with Crippen LogP contribution in [-0.2, 0) is 4.74 Å². The Balaban J connectivity index is 1.80. The summed E-state index contributed by atoms with van der Waals surface area (Å²) in [7, 11) is 0. The molecule has 1 fully saturated rings. The summed E-state index contributed by atoms with van der Waals surface area (Å²) in [5.74, 6) is 0.809. The second-order valence-electron chi connectivity index (χ2n) is 5.01. The SMILES string of the molecule is CCN1CCOC(C(N)c2cc3ccccc3o2)C1. The third-order valence-electron chi connectivity index (χ3n) is 3.80. The van der Waals surface area contributed by atoms with Crippen LogP contribution in [-0.4, -0.2) is 37.2 Å². The molecule has 1 aliphatic heterocycles. The molecule has 1 saturated heterocycles. The van der Waals surface area contributed by atoms with E-state index in [0.29, 0.717) is 0 Å². The zero-order chi connectivity index (χ0) is 13.2. The monoisotopic (exact) mass is 260 g/mol. The van der Waals surface area contributed by atoms with Crippen LogP contribution in [0.2, 0.25) is 0 Å². The molecule has 19 heavy (non-hydrogen) atoms. The maximum Gasteiger partial charge on any atom is 0.134 e. The van der Waals surface area contributed by atoms with Crippen LogP contribution in [0.25, 0.3) is 11.0 Å². The van der Waals surface area contributed by atoms with Crippen molar-refractivity contribution < 1.29 is 9.15 Å². The van der Waals surface area contributed by atoms with Crippen LogP contribution < -0.4 is 5.73 Å². The first-order valence-corrected chi connectivity index (χ1v) is 6.86. The average Bonchev–Trinajstić information content (AvgIpc) is 2.90. The predicted octanol–water partition coefficient (Wildman–Crippen LogP) is 2.15. The summed E-state index contributed by atoms with van der Waals surface area (Å²) in [5.41, 5.74) is 7.19. The molecule has 1 aliphatic rings. The van der Waals surface area contributed by atoms with Gasteiger partial charge in [0.25, 0.3) is 0 Å². The van der Waals surface area contributed by atoms with E-state index in [1.54, 1.807) is 0 Å². The van der Waals surface area contributed by atoms with Gasteiger partial charge in [-0.15, -0.1) is 0 Å². The van der Waals surface area contributed by atoms with Crippen LogP contribution >= 0.6 is 0 Å². The molecular formula is C15H20N2O2. The van der Waals surface area contributed by atoms with Gasteiger partial charge in [0.2, 0.25) is 0 Å². The summed E-state index contributed by atoms with van der Waals surface area (Å²) >= 11 is 0. The zero-order valence-corrected chi connectivity index (χ0v) is 11.2. The number of hydrogen-bond acceptors (Lipinski definition) is 4. The van der Waals surface area contributed by atoms with Crippen molar-refractivity contribution in [3.05, 3.63) is 36.1 Å². The minimum Gasteiger partial charge on any atom is -0.459 e. The molecule has 102 valence electrons. The van der Waals surface area contributed by atoms with E-state index in [-0.39, 0.29) is 12.1 Å². The molecule has 0 radical (unpaired) electrons. The van der Waals surface area contributed by atoms with E-state index in [4.69, 9.17) is 14.9 Å². The van der Waals surface area contributed by atoms with E-state index < -0.39 is 0 Å². The van der Waals surface area contributed by atoms with Crippen molar-refractivity contribution in [3.8, 4) is 0 Å². The maximum absolute atomic E-state index is 6.31. The van der Waals surface area contributed by atoms with E-state index in [2.05, 4.69) is 11.8 Å². The van der Waals surface area contributed by atoms with Gasteiger partial charge in [0.05, 0.1) is 18.8 Å². The highest BCUT2D eigenvalue weighted by molar-refractivity contribution is 5.77. The molecular weight excluding hydrogens is 240 g/mol. The van der Waals surface area contributed by atoms with Crippen molar-refractivity contribution in [2.45, 2.75) is 19.1 Å². The Hall–Kier alpha value is -1.36. The molecule has 0 aliphatic carbocycles. The van der Waals surface area contributed by atoms with Crippen molar-refractivity contribution in [2.24, 2.45) is 5.73 Å². The van der Waals surface area contributed by atoms with Gasteiger partial charge in [-0.3, -0.25) is 4.90 Å². The average molecular weight is 260 g/mol. The largest absolute Gasteiger partial charge is 0.459 e. The highest BCUT2D eigenvalue weighted by Gasteiger charge is 2.28. The number of morpholine rings is 1. The second kappa shape index (κ2) is 5.33. The number of likely N-dealkylation sites (N-methyl/N-ethyl adjacent to an activating group) is 1. The Morgan fingerprint density at radius 1 is 1.42 bits per heavy atom. The second-order valence-corrected chi connectivity index (χ2v) is 5.01. The first-order chi connectivity index (χ1) is 9.28. The summed E-state index contributed by atoms with van der Waals surface area (Å²) in [6.45, 7) is 5.79. The Bertz CT molecular complexity index is 519. The van der Waals surface area contributed by atoms with Crippen molar-refractivity contribution >= 4 is 11.0 Å². The Morgan fingerprint density at radius 2 is 2.26 bits per heavy atom. The normalized spacial score (nSPS) is 22.7. The molecule has 2 unspecified atom stereocenters. The topological polar surface area (TPSA) is 51.6 Å². The van der Waals surface area contributed by atoms with Gasteiger partial charge in [-0.1, -0.05) is 25.1 Å². The maximum atomic E-state index is 6.31. The fraction of sp³-hybridized carbons (Fsp3) is 0.467. The Labute approximate surface area is 113 Å². The summed E-state index contributed by atoms with van der Waals surface area (Å²) in [4.78, 5) is 2.36. The third kappa shape index (κ3) is 2.52. The summed E-state index contributed by atoms with van der Waals surface area (Å²) in [5, 5.41) is 1.09. The summed E-state index contributed by atoms with van der Waals surface area (Å²) < 4.78 is 11.6. The number of nitrogens with zero attached hydrogens (tertiary/aromatic N) is 1. The van der Waals surface area contributed by atoms with Gasteiger partial charge in [0.15, 0.2) is 0 Å². The van der Waals surface area contributed by atoms with Crippen molar-refractivity contribution in [1.29, 1.82) is 0 Å². The minimum atomic E-state index is -0.207. The van der Waals surface area contributed by atoms with Crippen LogP contribution in [0.3, 0.4) is 0 Å². The Kier molecular flexibility index (Phi) is 3.55. The predicted molar refractivity (Wildman–Crippen MR) is 75.0 cm³/mol. The van der Waals surface area contributed by atoms with Crippen molar-refractivity contribution in [1.82, 2.24) is 4.90 Å². The lowest BCUT2D eigenvalue weighted by Gasteiger charge is -2.34. The summed E-state index contributed by atoms with van der Waals surface area (Å²) in [6.07, 6.45) is 0.00858. The first kappa shape index (κ1) is 12.7. The van der Waals surface area contributed by atoms with Crippen LogP contribution in [0.1, 0.15) is 18.7 Å². The lowest BCUT2D eigenvalue weighted by Crippen LogP contribution is -2.46. The molecule has 2 atom stereocenters. The molecule has 1 aromatic heterocycles. The Morgan fingerprint density at radius 3 is 3.05 bits per heavy atom. The third-order valence-corrected chi connectivity index (χ3v) is 3.80. The molecule has 3 rings (SSSR count). The molecule has 0 spiro atoms. The molecule has 0 amide bonds.